The maximum absolute atomic E-state index is 11.7. The Balaban J connectivity index is 2.46. The van der Waals surface area contributed by atoms with Gasteiger partial charge in [0, 0.05) is 6.54 Å². The Morgan fingerprint density at radius 3 is 2.76 bits per heavy atom. The minimum absolute atomic E-state index is 0.0540. The molecule has 0 spiro atoms. The van der Waals surface area contributed by atoms with Crippen molar-refractivity contribution in [3.05, 3.63) is 29.8 Å². The fraction of sp³-hybridized carbons (Fsp3) is 0.500. The van der Waals surface area contributed by atoms with E-state index in [-0.39, 0.29) is 5.91 Å². The lowest BCUT2D eigenvalue weighted by Crippen LogP contribution is -2.36. The van der Waals surface area contributed by atoms with Crippen molar-refractivity contribution in [2.24, 2.45) is 0 Å². The Morgan fingerprint density at radius 1 is 1.41 bits per heavy atom. The monoisotopic (exact) mass is 235 g/mol. The van der Waals surface area contributed by atoms with Crippen molar-refractivity contribution in [3.8, 4) is 5.75 Å². The summed E-state index contributed by atoms with van der Waals surface area (Å²) < 4.78 is 5.63. The van der Waals surface area contributed by atoms with Crippen molar-refractivity contribution in [3.63, 3.8) is 0 Å². The highest BCUT2D eigenvalue weighted by Gasteiger charge is 2.14. The fourth-order valence-electron chi connectivity index (χ4n) is 1.46. The molecular formula is C14H21NO2. The summed E-state index contributed by atoms with van der Waals surface area (Å²) >= 11 is 0. The van der Waals surface area contributed by atoms with Gasteiger partial charge in [0.25, 0.3) is 5.91 Å². The first-order valence-corrected chi connectivity index (χ1v) is 6.15. The number of ether oxygens (including phenoxy) is 1. The summed E-state index contributed by atoms with van der Waals surface area (Å²) in [4.78, 5) is 11.7. The standard InChI is InChI=1S/C14H21NO2/c1-4-5-10-15-14(16)12(3)17-13-9-7-6-8-11(13)2/h6-9,12H,4-5,10H2,1-3H3,(H,15,16). The molecule has 0 radical (unpaired) electrons. The van der Waals surface area contributed by atoms with Gasteiger partial charge in [-0.2, -0.15) is 0 Å². The molecule has 1 atom stereocenters. The number of aryl methyl sites for hydroxylation is 1. The molecule has 94 valence electrons. The summed E-state index contributed by atoms with van der Waals surface area (Å²) in [6, 6.07) is 7.71. The van der Waals surface area contributed by atoms with E-state index in [1.165, 1.54) is 0 Å². The van der Waals surface area contributed by atoms with Crippen LogP contribution >= 0.6 is 0 Å². The van der Waals surface area contributed by atoms with Crippen LogP contribution in [0.15, 0.2) is 24.3 Å². The van der Waals surface area contributed by atoms with E-state index in [1.54, 1.807) is 6.92 Å². The minimum Gasteiger partial charge on any atom is -0.481 e. The molecule has 0 bridgehead atoms. The molecule has 1 N–H and O–H groups in total. The first-order valence-electron chi connectivity index (χ1n) is 6.15. The molecule has 0 aromatic heterocycles. The SMILES string of the molecule is CCCCNC(=O)C(C)Oc1ccccc1C. The number of rotatable bonds is 6. The van der Waals surface area contributed by atoms with Crippen LogP contribution in [0.25, 0.3) is 0 Å². The van der Waals surface area contributed by atoms with Crippen LogP contribution in [0.4, 0.5) is 0 Å². The van der Waals surface area contributed by atoms with Gasteiger partial charge in [-0.25, -0.2) is 0 Å². The Kier molecular flexibility index (Phi) is 5.53. The van der Waals surface area contributed by atoms with Crippen LogP contribution in [0, 0.1) is 6.92 Å². The lowest BCUT2D eigenvalue weighted by molar-refractivity contribution is -0.127. The van der Waals surface area contributed by atoms with Gasteiger partial charge in [0.2, 0.25) is 0 Å². The second-order valence-electron chi connectivity index (χ2n) is 4.17. The van der Waals surface area contributed by atoms with Crippen molar-refractivity contribution in [2.45, 2.75) is 39.7 Å². The normalized spacial score (nSPS) is 11.9. The van der Waals surface area contributed by atoms with Gasteiger partial charge in [-0.05, 0) is 31.9 Å². The molecule has 0 aliphatic carbocycles. The topological polar surface area (TPSA) is 38.3 Å². The third-order valence-corrected chi connectivity index (χ3v) is 2.60. The van der Waals surface area contributed by atoms with E-state index in [0.29, 0.717) is 0 Å². The van der Waals surface area contributed by atoms with Gasteiger partial charge in [0.05, 0.1) is 0 Å². The van der Waals surface area contributed by atoms with Crippen LogP contribution in [-0.2, 0) is 4.79 Å². The average molecular weight is 235 g/mol. The highest BCUT2D eigenvalue weighted by Crippen LogP contribution is 2.17. The van der Waals surface area contributed by atoms with Crippen LogP contribution in [0.2, 0.25) is 0 Å². The van der Waals surface area contributed by atoms with Gasteiger partial charge in [-0.1, -0.05) is 31.5 Å². The Morgan fingerprint density at radius 2 is 2.12 bits per heavy atom. The Labute approximate surface area is 103 Å². The zero-order valence-electron chi connectivity index (χ0n) is 10.8. The minimum atomic E-state index is -0.451. The molecular weight excluding hydrogens is 214 g/mol. The van der Waals surface area contributed by atoms with E-state index in [9.17, 15) is 4.79 Å². The Hall–Kier alpha value is -1.51. The molecule has 1 rings (SSSR count). The van der Waals surface area contributed by atoms with Crippen LogP contribution in [0.5, 0.6) is 5.75 Å². The number of unbranched alkanes of at least 4 members (excludes halogenated alkanes) is 1. The van der Waals surface area contributed by atoms with E-state index in [0.717, 1.165) is 30.7 Å². The largest absolute Gasteiger partial charge is 0.481 e. The predicted molar refractivity (Wildman–Crippen MR) is 69.2 cm³/mol. The highest BCUT2D eigenvalue weighted by molar-refractivity contribution is 5.80. The van der Waals surface area contributed by atoms with Crippen molar-refractivity contribution in [2.75, 3.05) is 6.54 Å². The maximum Gasteiger partial charge on any atom is 0.260 e. The van der Waals surface area contributed by atoms with E-state index >= 15 is 0 Å². The number of para-hydroxylation sites is 1. The zero-order chi connectivity index (χ0) is 12.7. The van der Waals surface area contributed by atoms with E-state index in [2.05, 4.69) is 12.2 Å². The van der Waals surface area contributed by atoms with Gasteiger partial charge in [-0.3, -0.25) is 4.79 Å². The molecule has 1 amide bonds. The third kappa shape index (κ3) is 4.47. The van der Waals surface area contributed by atoms with Gasteiger partial charge >= 0.3 is 0 Å². The molecule has 3 nitrogen and oxygen atoms in total. The molecule has 17 heavy (non-hydrogen) atoms. The first kappa shape index (κ1) is 13.6. The third-order valence-electron chi connectivity index (χ3n) is 2.60. The van der Waals surface area contributed by atoms with E-state index < -0.39 is 6.10 Å². The number of hydrogen-bond donors (Lipinski definition) is 1. The molecule has 0 aliphatic rings. The molecule has 0 saturated heterocycles. The predicted octanol–water partition coefficient (Wildman–Crippen LogP) is 2.68. The zero-order valence-corrected chi connectivity index (χ0v) is 10.8. The van der Waals surface area contributed by atoms with Crippen LogP contribution < -0.4 is 10.1 Å². The maximum atomic E-state index is 11.7. The van der Waals surface area contributed by atoms with Gasteiger partial charge in [-0.15, -0.1) is 0 Å². The van der Waals surface area contributed by atoms with Crippen LogP contribution in [0.1, 0.15) is 32.3 Å². The summed E-state index contributed by atoms with van der Waals surface area (Å²) in [5, 5.41) is 2.86. The molecule has 0 heterocycles. The fourth-order valence-corrected chi connectivity index (χ4v) is 1.46. The summed E-state index contributed by atoms with van der Waals surface area (Å²) in [6.07, 6.45) is 1.63. The van der Waals surface area contributed by atoms with E-state index in [4.69, 9.17) is 4.74 Å². The quantitative estimate of drug-likeness (QED) is 0.770. The number of carbonyl (C=O) groups excluding carboxylic acids is 1. The molecule has 1 aromatic carbocycles. The average Bonchev–Trinajstić information content (AvgIpc) is 2.32. The number of hydrogen-bond acceptors (Lipinski definition) is 2. The lowest BCUT2D eigenvalue weighted by Gasteiger charge is -2.15. The number of amides is 1. The summed E-state index contributed by atoms with van der Waals surface area (Å²) in [6.45, 7) is 6.56. The molecule has 0 fully saturated rings. The number of benzene rings is 1. The summed E-state index contributed by atoms with van der Waals surface area (Å²) in [7, 11) is 0. The molecule has 1 unspecified atom stereocenters. The van der Waals surface area contributed by atoms with E-state index in [1.807, 2.05) is 31.2 Å². The molecule has 3 heteroatoms. The number of carbonyl (C=O) groups is 1. The molecule has 0 saturated carbocycles. The first-order chi connectivity index (χ1) is 8.15. The smallest absolute Gasteiger partial charge is 0.260 e. The van der Waals surface area contributed by atoms with Crippen molar-refractivity contribution < 1.29 is 9.53 Å². The highest BCUT2D eigenvalue weighted by atomic mass is 16.5. The lowest BCUT2D eigenvalue weighted by atomic mass is 10.2. The van der Waals surface area contributed by atoms with Gasteiger partial charge < -0.3 is 10.1 Å². The Bertz CT molecular complexity index is 363. The van der Waals surface area contributed by atoms with Gasteiger partial charge in [0.15, 0.2) is 6.10 Å². The second-order valence-corrected chi connectivity index (χ2v) is 4.17. The van der Waals surface area contributed by atoms with Crippen molar-refractivity contribution >= 4 is 5.91 Å². The summed E-state index contributed by atoms with van der Waals surface area (Å²) in [5.41, 5.74) is 1.04. The van der Waals surface area contributed by atoms with Gasteiger partial charge in [0.1, 0.15) is 5.75 Å². The van der Waals surface area contributed by atoms with Crippen LogP contribution in [-0.4, -0.2) is 18.6 Å². The van der Waals surface area contributed by atoms with Crippen molar-refractivity contribution in [1.82, 2.24) is 5.32 Å². The molecule has 0 aliphatic heterocycles. The summed E-state index contributed by atoms with van der Waals surface area (Å²) in [5.74, 6) is 0.715. The van der Waals surface area contributed by atoms with Crippen LogP contribution in [0.3, 0.4) is 0 Å². The second kappa shape index (κ2) is 6.94. The molecule has 1 aromatic rings. The number of nitrogens with one attached hydrogen (secondary N) is 1. The van der Waals surface area contributed by atoms with Crippen molar-refractivity contribution in [1.29, 1.82) is 0 Å².